The number of fused-ring (bicyclic) bond motifs is 3. The Bertz CT molecular complexity index is 999. The van der Waals surface area contributed by atoms with E-state index in [1.165, 1.54) is 11.8 Å². The fraction of sp³-hybridized carbons (Fsp3) is 0.368. The van der Waals surface area contributed by atoms with Gasteiger partial charge in [-0.2, -0.15) is 5.10 Å². The monoisotopic (exact) mass is 386 g/mol. The highest BCUT2D eigenvalue weighted by molar-refractivity contribution is 7.99. The van der Waals surface area contributed by atoms with Crippen LogP contribution in [-0.4, -0.2) is 49.6 Å². The van der Waals surface area contributed by atoms with Gasteiger partial charge in [-0.15, -0.1) is 11.8 Å². The highest BCUT2D eigenvalue weighted by Gasteiger charge is 2.14. The van der Waals surface area contributed by atoms with Crippen molar-refractivity contribution in [2.75, 3.05) is 18.1 Å². The van der Waals surface area contributed by atoms with E-state index in [0.717, 1.165) is 33.5 Å². The Morgan fingerprint density at radius 3 is 2.81 bits per heavy atom. The van der Waals surface area contributed by atoms with Crippen LogP contribution in [0.3, 0.4) is 0 Å². The Morgan fingerprint density at radius 1 is 1.26 bits per heavy atom. The second kappa shape index (κ2) is 8.39. The first kappa shape index (κ1) is 19.2. The molecule has 2 aromatic heterocycles. The van der Waals surface area contributed by atoms with Crippen molar-refractivity contribution in [3.05, 3.63) is 41.2 Å². The average Bonchev–Trinajstić information content (AvgIpc) is 3.00. The zero-order chi connectivity index (χ0) is 19.4. The van der Waals surface area contributed by atoms with Gasteiger partial charge in [-0.25, -0.2) is 9.50 Å². The molecule has 0 saturated heterocycles. The standard InChI is InChI=1S/C19H22N4O3S/c1-12-14(7-8-17(24)20-9-10-27-11-18(25)26)13(2)23-19(21-12)15-5-3-4-6-16(15)22-23/h3-6H,7-11H2,1-2H3,(H,20,24)(H,25,26). The molecule has 1 aromatic carbocycles. The Hall–Kier alpha value is -2.61. The molecule has 0 aliphatic heterocycles. The van der Waals surface area contributed by atoms with E-state index in [1.807, 2.05) is 42.6 Å². The van der Waals surface area contributed by atoms with Crippen LogP contribution in [0.1, 0.15) is 23.4 Å². The number of benzene rings is 1. The highest BCUT2D eigenvalue weighted by atomic mass is 32.2. The summed E-state index contributed by atoms with van der Waals surface area (Å²) in [5.74, 6) is -0.247. The molecule has 1 amide bonds. The summed E-state index contributed by atoms with van der Waals surface area (Å²) in [7, 11) is 0. The number of nitrogens with zero attached hydrogens (tertiary/aromatic N) is 3. The van der Waals surface area contributed by atoms with Crippen molar-refractivity contribution in [1.29, 1.82) is 0 Å². The second-order valence-electron chi connectivity index (χ2n) is 6.31. The number of nitrogens with one attached hydrogen (secondary N) is 1. The molecule has 0 fully saturated rings. The van der Waals surface area contributed by atoms with Gasteiger partial charge in [0.1, 0.15) is 0 Å². The summed E-state index contributed by atoms with van der Waals surface area (Å²) in [5, 5.41) is 17.1. The summed E-state index contributed by atoms with van der Waals surface area (Å²) in [6.45, 7) is 4.43. The first-order valence-electron chi connectivity index (χ1n) is 8.77. The van der Waals surface area contributed by atoms with Gasteiger partial charge in [0, 0.05) is 35.5 Å². The van der Waals surface area contributed by atoms with Crippen molar-refractivity contribution < 1.29 is 14.7 Å². The minimum Gasteiger partial charge on any atom is -0.481 e. The summed E-state index contributed by atoms with van der Waals surface area (Å²) >= 11 is 1.29. The number of hydrogen-bond acceptors (Lipinski definition) is 5. The van der Waals surface area contributed by atoms with Crippen molar-refractivity contribution in [3.63, 3.8) is 0 Å². The molecule has 2 N–H and O–H groups in total. The Kier molecular flexibility index (Phi) is 5.95. The maximum absolute atomic E-state index is 12.1. The largest absolute Gasteiger partial charge is 0.481 e. The molecule has 0 radical (unpaired) electrons. The molecule has 2 heterocycles. The van der Waals surface area contributed by atoms with Crippen LogP contribution in [-0.2, 0) is 16.0 Å². The Balaban J connectivity index is 1.65. The number of amides is 1. The molecule has 27 heavy (non-hydrogen) atoms. The van der Waals surface area contributed by atoms with Crippen LogP contribution < -0.4 is 5.32 Å². The number of carboxylic acids is 1. The number of thioether (sulfide) groups is 1. The van der Waals surface area contributed by atoms with Gasteiger partial charge in [0.25, 0.3) is 0 Å². The van der Waals surface area contributed by atoms with Crippen LogP contribution in [0.4, 0.5) is 0 Å². The molecule has 0 spiro atoms. The number of carbonyl (C=O) groups is 2. The van der Waals surface area contributed by atoms with Gasteiger partial charge < -0.3 is 10.4 Å². The Morgan fingerprint density at radius 2 is 2.04 bits per heavy atom. The van der Waals surface area contributed by atoms with Gasteiger partial charge in [-0.05, 0) is 38.0 Å². The van der Waals surface area contributed by atoms with E-state index in [-0.39, 0.29) is 11.7 Å². The molecule has 0 aliphatic carbocycles. The molecule has 3 rings (SSSR count). The smallest absolute Gasteiger partial charge is 0.313 e. The predicted octanol–water partition coefficient (Wildman–Crippen LogP) is 2.37. The van der Waals surface area contributed by atoms with Crippen molar-refractivity contribution in [3.8, 4) is 0 Å². The molecule has 0 bridgehead atoms. The summed E-state index contributed by atoms with van der Waals surface area (Å²) in [5.41, 5.74) is 4.69. The lowest BCUT2D eigenvalue weighted by molar-refractivity contribution is -0.133. The molecule has 7 nitrogen and oxygen atoms in total. The topological polar surface area (TPSA) is 96.6 Å². The van der Waals surface area contributed by atoms with Gasteiger partial charge in [0.15, 0.2) is 5.65 Å². The first-order chi connectivity index (χ1) is 13.0. The minimum atomic E-state index is -0.841. The van der Waals surface area contributed by atoms with Crippen LogP contribution in [0.25, 0.3) is 16.6 Å². The Labute approximate surface area is 161 Å². The van der Waals surface area contributed by atoms with E-state index < -0.39 is 5.97 Å². The fourth-order valence-corrected chi connectivity index (χ4v) is 3.65. The zero-order valence-corrected chi connectivity index (χ0v) is 16.2. The van der Waals surface area contributed by atoms with E-state index in [0.29, 0.717) is 25.1 Å². The third-order valence-electron chi connectivity index (χ3n) is 4.41. The van der Waals surface area contributed by atoms with E-state index in [4.69, 9.17) is 10.1 Å². The van der Waals surface area contributed by atoms with Crippen molar-refractivity contribution in [1.82, 2.24) is 19.9 Å². The molecule has 3 aromatic rings. The summed E-state index contributed by atoms with van der Waals surface area (Å²) in [4.78, 5) is 27.2. The van der Waals surface area contributed by atoms with E-state index in [9.17, 15) is 9.59 Å². The molecular formula is C19H22N4O3S. The van der Waals surface area contributed by atoms with Crippen LogP contribution in [0.2, 0.25) is 0 Å². The molecule has 0 unspecified atom stereocenters. The second-order valence-corrected chi connectivity index (χ2v) is 7.42. The summed E-state index contributed by atoms with van der Waals surface area (Å²) in [6, 6.07) is 7.91. The number of carboxylic acid groups (broad SMARTS) is 1. The van der Waals surface area contributed by atoms with Gasteiger partial charge >= 0.3 is 5.97 Å². The normalized spacial score (nSPS) is 11.2. The van der Waals surface area contributed by atoms with Crippen LogP contribution >= 0.6 is 11.8 Å². The van der Waals surface area contributed by atoms with Crippen molar-refractivity contribution >= 4 is 40.2 Å². The summed E-state index contributed by atoms with van der Waals surface area (Å²) < 4.78 is 1.85. The van der Waals surface area contributed by atoms with E-state index in [1.54, 1.807) is 0 Å². The van der Waals surface area contributed by atoms with E-state index in [2.05, 4.69) is 10.4 Å². The number of aromatic nitrogens is 3. The highest BCUT2D eigenvalue weighted by Crippen LogP contribution is 2.22. The predicted molar refractivity (Wildman–Crippen MR) is 106 cm³/mol. The van der Waals surface area contributed by atoms with Crippen molar-refractivity contribution in [2.24, 2.45) is 0 Å². The first-order valence-corrected chi connectivity index (χ1v) is 9.92. The van der Waals surface area contributed by atoms with Gasteiger partial charge in [-0.1, -0.05) is 12.1 Å². The van der Waals surface area contributed by atoms with Crippen LogP contribution in [0.15, 0.2) is 24.3 Å². The maximum atomic E-state index is 12.1. The van der Waals surface area contributed by atoms with Gasteiger partial charge in [0.2, 0.25) is 5.91 Å². The number of carbonyl (C=O) groups excluding carboxylic acids is 1. The third-order valence-corrected chi connectivity index (χ3v) is 5.36. The quantitative estimate of drug-likeness (QED) is 0.577. The lowest BCUT2D eigenvalue weighted by Crippen LogP contribution is -2.26. The van der Waals surface area contributed by atoms with Crippen LogP contribution in [0.5, 0.6) is 0 Å². The number of aliphatic carboxylic acids is 1. The van der Waals surface area contributed by atoms with Gasteiger partial charge in [0.05, 0.1) is 11.3 Å². The zero-order valence-electron chi connectivity index (χ0n) is 15.4. The third kappa shape index (κ3) is 4.39. The van der Waals surface area contributed by atoms with E-state index >= 15 is 0 Å². The maximum Gasteiger partial charge on any atom is 0.313 e. The fourth-order valence-electron chi connectivity index (χ4n) is 3.09. The van der Waals surface area contributed by atoms with Crippen LogP contribution in [0, 0.1) is 13.8 Å². The molecule has 0 aliphatic rings. The lowest BCUT2D eigenvalue weighted by Gasteiger charge is -2.11. The molecule has 0 atom stereocenters. The SMILES string of the molecule is Cc1nc2c3ccccc3nn2c(C)c1CCC(=O)NCCSCC(=O)O. The molecular weight excluding hydrogens is 364 g/mol. The van der Waals surface area contributed by atoms with Gasteiger partial charge in [-0.3, -0.25) is 9.59 Å². The molecule has 0 saturated carbocycles. The average molecular weight is 386 g/mol. The number of hydrogen-bond donors (Lipinski definition) is 2. The molecule has 8 heteroatoms. The number of aryl methyl sites for hydroxylation is 2. The molecule has 142 valence electrons. The summed E-state index contributed by atoms with van der Waals surface area (Å²) in [6.07, 6.45) is 0.949. The number of rotatable bonds is 8. The van der Waals surface area contributed by atoms with Crippen molar-refractivity contribution in [2.45, 2.75) is 26.7 Å². The minimum absolute atomic E-state index is 0.0459. The lowest BCUT2D eigenvalue weighted by atomic mass is 10.1.